The minimum Gasteiger partial charge on any atom is -0.465 e. The number of esters is 1. The second-order valence-corrected chi connectivity index (χ2v) is 6.86. The molecule has 0 aliphatic heterocycles. The molecule has 0 spiro atoms. The smallest absolute Gasteiger partial charge is 0.326 e. The van der Waals surface area contributed by atoms with Gasteiger partial charge in [-0.15, -0.1) is 0 Å². The Morgan fingerprint density at radius 2 is 2.05 bits per heavy atom. The molecule has 1 aliphatic rings. The maximum absolute atomic E-state index is 12.5. The summed E-state index contributed by atoms with van der Waals surface area (Å²) in [5.74, 6) is -0.0701. The minimum atomic E-state index is -0.494. The SMILES string of the molecule is CCNC1(C(=O)OCC)CCCC(N(C)C(C)(C)CC)C1. The molecule has 0 aromatic carbocycles. The maximum atomic E-state index is 12.5. The molecule has 1 fully saturated rings. The first-order valence-electron chi connectivity index (χ1n) is 8.48. The highest BCUT2D eigenvalue weighted by molar-refractivity contribution is 5.81. The fourth-order valence-corrected chi connectivity index (χ4v) is 3.35. The molecule has 2 atom stereocenters. The molecular weight excluding hydrogens is 264 g/mol. The summed E-state index contributed by atoms with van der Waals surface area (Å²) in [5.41, 5.74) is -0.333. The fourth-order valence-electron chi connectivity index (χ4n) is 3.35. The van der Waals surface area contributed by atoms with Crippen molar-refractivity contribution in [1.82, 2.24) is 10.2 Å². The van der Waals surface area contributed by atoms with Crippen LogP contribution in [0.2, 0.25) is 0 Å². The third-order valence-corrected chi connectivity index (χ3v) is 5.27. The van der Waals surface area contributed by atoms with Gasteiger partial charge in [0.2, 0.25) is 0 Å². The van der Waals surface area contributed by atoms with E-state index in [1.165, 1.54) is 0 Å². The first kappa shape index (κ1) is 18.4. The summed E-state index contributed by atoms with van der Waals surface area (Å²) in [6.45, 7) is 12.0. The first-order valence-corrected chi connectivity index (χ1v) is 8.48. The van der Waals surface area contributed by atoms with Crippen LogP contribution in [0.25, 0.3) is 0 Å². The Bertz CT molecular complexity index is 340. The molecule has 0 heterocycles. The van der Waals surface area contributed by atoms with Gasteiger partial charge >= 0.3 is 5.97 Å². The zero-order valence-corrected chi connectivity index (χ0v) is 14.8. The zero-order valence-electron chi connectivity index (χ0n) is 14.8. The average Bonchev–Trinajstić information content (AvgIpc) is 2.47. The highest BCUT2D eigenvalue weighted by Gasteiger charge is 2.45. The second-order valence-electron chi connectivity index (χ2n) is 6.86. The summed E-state index contributed by atoms with van der Waals surface area (Å²) in [5, 5.41) is 3.44. The largest absolute Gasteiger partial charge is 0.465 e. The van der Waals surface area contributed by atoms with Gasteiger partial charge < -0.3 is 10.1 Å². The van der Waals surface area contributed by atoms with Crippen LogP contribution in [0, 0.1) is 0 Å². The summed E-state index contributed by atoms with van der Waals surface area (Å²) in [6, 6.07) is 0.428. The van der Waals surface area contributed by atoms with Crippen molar-refractivity contribution in [3.8, 4) is 0 Å². The van der Waals surface area contributed by atoms with Gasteiger partial charge in [-0.25, -0.2) is 0 Å². The molecule has 0 radical (unpaired) electrons. The summed E-state index contributed by atoms with van der Waals surface area (Å²) in [7, 11) is 2.20. The molecule has 0 amide bonds. The second kappa shape index (κ2) is 7.59. The van der Waals surface area contributed by atoms with Crippen molar-refractivity contribution < 1.29 is 9.53 Å². The lowest BCUT2D eigenvalue weighted by Crippen LogP contribution is -2.60. The monoisotopic (exact) mass is 298 g/mol. The molecule has 4 heteroatoms. The van der Waals surface area contributed by atoms with Crippen molar-refractivity contribution in [2.75, 3.05) is 20.2 Å². The van der Waals surface area contributed by atoms with Crippen LogP contribution in [0.3, 0.4) is 0 Å². The van der Waals surface area contributed by atoms with Crippen LogP contribution in [0.5, 0.6) is 0 Å². The third kappa shape index (κ3) is 4.19. The van der Waals surface area contributed by atoms with E-state index in [0.29, 0.717) is 12.6 Å². The van der Waals surface area contributed by atoms with Gasteiger partial charge in [-0.1, -0.05) is 13.8 Å². The average molecular weight is 298 g/mol. The summed E-state index contributed by atoms with van der Waals surface area (Å²) >= 11 is 0. The van der Waals surface area contributed by atoms with Gasteiger partial charge in [0.05, 0.1) is 6.61 Å². The predicted octanol–water partition coefficient (Wildman–Crippen LogP) is 2.96. The summed E-state index contributed by atoms with van der Waals surface area (Å²) in [4.78, 5) is 14.9. The molecule has 21 heavy (non-hydrogen) atoms. The molecule has 1 N–H and O–H groups in total. The van der Waals surface area contributed by atoms with Crippen molar-refractivity contribution in [2.45, 2.75) is 83.8 Å². The Morgan fingerprint density at radius 1 is 1.38 bits per heavy atom. The number of carbonyl (C=O) groups excluding carboxylic acids is 1. The molecule has 1 aliphatic carbocycles. The van der Waals surface area contributed by atoms with Crippen molar-refractivity contribution in [1.29, 1.82) is 0 Å². The number of carbonyl (C=O) groups is 1. The van der Waals surface area contributed by atoms with Gasteiger partial charge in [0, 0.05) is 11.6 Å². The zero-order chi connectivity index (χ0) is 16.1. The van der Waals surface area contributed by atoms with E-state index in [4.69, 9.17) is 4.74 Å². The number of rotatable bonds is 7. The molecule has 4 nitrogen and oxygen atoms in total. The normalized spacial score (nSPS) is 26.9. The van der Waals surface area contributed by atoms with Crippen LogP contribution < -0.4 is 5.32 Å². The molecule has 124 valence electrons. The minimum absolute atomic E-state index is 0.0701. The van der Waals surface area contributed by atoms with Crippen molar-refractivity contribution in [3.63, 3.8) is 0 Å². The van der Waals surface area contributed by atoms with Crippen LogP contribution >= 0.6 is 0 Å². The highest BCUT2D eigenvalue weighted by atomic mass is 16.5. The number of hydrogen-bond donors (Lipinski definition) is 1. The number of nitrogens with one attached hydrogen (secondary N) is 1. The van der Waals surface area contributed by atoms with Crippen LogP contribution in [0.4, 0.5) is 0 Å². The number of nitrogens with zero attached hydrogens (tertiary/aromatic N) is 1. The molecule has 0 saturated heterocycles. The number of likely N-dealkylation sites (N-methyl/N-ethyl adjacent to an activating group) is 1. The molecular formula is C17H34N2O2. The van der Waals surface area contributed by atoms with E-state index < -0.39 is 5.54 Å². The Kier molecular flexibility index (Phi) is 6.67. The van der Waals surface area contributed by atoms with Crippen molar-refractivity contribution in [3.05, 3.63) is 0 Å². The Labute approximate surface area is 130 Å². The lowest BCUT2D eigenvalue weighted by molar-refractivity contribution is -0.154. The molecule has 1 saturated carbocycles. The van der Waals surface area contributed by atoms with Crippen LogP contribution in [-0.2, 0) is 9.53 Å². The lowest BCUT2D eigenvalue weighted by Gasteiger charge is -2.47. The Balaban J connectivity index is 2.90. The Hall–Kier alpha value is -0.610. The van der Waals surface area contributed by atoms with E-state index in [-0.39, 0.29) is 11.5 Å². The molecule has 1 rings (SSSR count). The summed E-state index contributed by atoms with van der Waals surface area (Å²) in [6.07, 6.45) is 5.07. The molecule has 0 bridgehead atoms. The lowest BCUT2D eigenvalue weighted by atomic mass is 9.77. The highest BCUT2D eigenvalue weighted by Crippen LogP contribution is 2.35. The molecule has 0 aromatic heterocycles. The Morgan fingerprint density at radius 3 is 2.57 bits per heavy atom. The molecule has 0 aromatic rings. The van der Waals surface area contributed by atoms with Gasteiger partial charge in [-0.3, -0.25) is 9.69 Å². The summed E-state index contributed by atoms with van der Waals surface area (Å²) < 4.78 is 5.36. The van der Waals surface area contributed by atoms with Crippen molar-refractivity contribution in [2.24, 2.45) is 0 Å². The van der Waals surface area contributed by atoms with E-state index in [0.717, 1.165) is 38.6 Å². The van der Waals surface area contributed by atoms with Gasteiger partial charge in [0.15, 0.2) is 0 Å². The van der Waals surface area contributed by atoms with E-state index in [1.807, 2.05) is 6.92 Å². The van der Waals surface area contributed by atoms with Gasteiger partial charge in [0.1, 0.15) is 5.54 Å². The molecule has 2 unspecified atom stereocenters. The van der Waals surface area contributed by atoms with Gasteiger partial charge in [-0.05, 0) is 66.5 Å². The quantitative estimate of drug-likeness (QED) is 0.734. The van der Waals surface area contributed by atoms with Crippen LogP contribution in [-0.4, -0.2) is 48.2 Å². The maximum Gasteiger partial charge on any atom is 0.326 e. The topological polar surface area (TPSA) is 41.6 Å². The first-order chi connectivity index (χ1) is 9.83. The third-order valence-electron chi connectivity index (χ3n) is 5.27. The van der Waals surface area contributed by atoms with Gasteiger partial charge in [-0.2, -0.15) is 0 Å². The number of ether oxygens (including phenoxy) is 1. The predicted molar refractivity (Wildman–Crippen MR) is 87.4 cm³/mol. The van der Waals surface area contributed by atoms with Crippen molar-refractivity contribution >= 4 is 5.97 Å². The van der Waals surface area contributed by atoms with Crippen LogP contribution in [0.1, 0.15) is 66.7 Å². The van der Waals surface area contributed by atoms with E-state index >= 15 is 0 Å². The fraction of sp³-hybridized carbons (Fsp3) is 0.941. The van der Waals surface area contributed by atoms with E-state index in [9.17, 15) is 4.79 Å². The van der Waals surface area contributed by atoms with Crippen LogP contribution in [0.15, 0.2) is 0 Å². The standard InChI is InChI=1S/C17H34N2O2/c1-7-16(4,5)19(6)14-11-10-12-17(13-14,18-8-2)15(20)21-9-3/h14,18H,7-13H2,1-6H3. The van der Waals surface area contributed by atoms with E-state index in [2.05, 4.69) is 45.0 Å². The van der Waals surface area contributed by atoms with Gasteiger partial charge in [0.25, 0.3) is 0 Å². The number of hydrogen-bond acceptors (Lipinski definition) is 4. The van der Waals surface area contributed by atoms with E-state index in [1.54, 1.807) is 0 Å².